The highest BCUT2D eigenvalue weighted by Gasteiger charge is 2.24. The van der Waals surface area contributed by atoms with Gasteiger partial charge in [0.1, 0.15) is 16.3 Å². The van der Waals surface area contributed by atoms with Crippen LogP contribution < -0.4 is 10.1 Å². The topological polar surface area (TPSA) is 75.6 Å². The molecule has 6 heteroatoms. The maximum atomic E-state index is 12.3. The summed E-state index contributed by atoms with van der Waals surface area (Å²) in [5.74, 6) is -0.895. The van der Waals surface area contributed by atoms with Gasteiger partial charge in [-0.25, -0.2) is 4.79 Å². The van der Waals surface area contributed by atoms with Crippen molar-refractivity contribution in [3.05, 3.63) is 70.6 Å². The molecule has 138 valence electrons. The Kier molecular flexibility index (Phi) is 5.57. The molecule has 0 aliphatic heterocycles. The van der Waals surface area contributed by atoms with Gasteiger partial charge in [-0.15, -0.1) is 11.3 Å². The van der Waals surface area contributed by atoms with Gasteiger partial charge < -0.3 is 15.2 Å². The van der Waals surface area contributed by atoms with Crippen LogP contribution >= 0.6 is 11.3 Å². The molecule has 3 aromatic rings. The first kappa shape index (κ1) is 18.7. The Hall–Kier alpha value is -3.12. The molecule has 2 aromatic carbocycles. The number of thiophene rings is 1. The van der Waals surface area contributed by atoms with Gasteiger partial charge in [0, 0.05) is 10.4 Å². The van der Waals surface area contributed by atoms with E-state index >= 15 is 0 Å². The van der Waals surface area contributed by atoms with Gasteiger partial charge in [0.05, 0.1) is 0 Å². The average molecular weight is 381 g/mol. The van der Waals surface area contributed by atoms with Crippen molar-refractivity contribution in [3.63, 3.8) is 0 Å². The molecule has 0 aliphatic rings. The molecule has 0 radical (unpaired) electrons. The third-order valence-electron chi connectivity index (χ3n) is 4.00. The number of hydrogen-bond acceptors (Lipinski definition) is 4. The van der Waals surface area contributed by atoms with Gasteiger partial charge in [-0.1, -0.05) is 48.0 Å². The van der Waals surface area contributed by atoms with Gasteiger partial charge >= 0.3 is 5.97 Å². The third-order valence-corrected chi connectivity index (χ3v) is 5.03. The third kappa shape index (κ3) is 4.35. The van der Waals surface area contributed by atoms with E-state index in [9.17, 15) is 14.7 Å². The van der Waals surface area contributed by atoms with Crippen LogP contribution in [0.15, 0.2) is 54.6 Å². The summed E-state index contributed by atoms with van der Waals surface area (Å²) < 4.78 is 5.46. The van der Waals surface area contributed by atoms with E-state index in [2.05, 4.69) is 5.32 Å². The van der Waals surface area contributed by atoms with Gasteiger partial charge in [0.25, 0.3) is 5.91 Å². The number of carbonyl (C=O) groups excluding carboxylic acids is 1. The van der Waals surface area contributed by atoms with Crippen molar-refractivity contribution in [2.45, 2.75) is 13.8 Å². The van der Waals surface area contributed by atoms with Crippen LogP contribution in [0.2, 0.25) is 0 Å². The second kappa shape index (κ2) is 8.05. The van der Waals surface area contributed by atoms with Crippen molar-refractivity contribution in [1.82, 2.24) is 0 Å². The molecule has 0 bridgehead atoms. The summed E-state index contributed by atoms with van der Waals surface area (Å²) in [6, 6.07) is 16.6. The van der Waals surface area contributed by atoms with Crippen LogP contribution in [-0.4, -0.2) is 23.6 Å². The quantitative estimate of drug-likeness (QED) is 0.646. The van der Waals surface area contributed by atoms with Crippen LogP contribution in [-0.2, 0) is 4.79 Å². The van der Waals surface area contributed by atoms with Crippen LogP contribution in [0.1, 0.15) is 20.8 Å². The summed E-state index contributed by atoms with van der Waals surface area (Å²) in [5.41, 5.74) is 2.63. The molecule has 0 saturated heterocycles. The van der Waals surface area contributed by atoms with E-state index in [0.29, 0.717) is 16.3 Å². The largest absolute Gasteiger partial charge is 0.484 e. The second-order valence-corrected chi connectivity index (χ2v) is 7.28. The van der Waals surface area contributed by atoms with Crippen molar-refractivity contribution < 1.29 is 19.4 Å². The summed E-state index contributed by atoms with van der Waals surface area (Å²) in [7, 11) is 0. The van der Waals surface area contributed by atoms with Crippen molar-refractivity contribution >= 4 is 28.2 Å². The van der Waals surface area contributed by atoms with Crippen molar-refractivity contribution in [3.8, 4) is 16.9 Å². The van der Waals surface area contributed by atoms with Crippen molar-refractivity contribution in [2.75, 3.05) is 11.9 Å². The second-order valence-electron chi connectivity index (χ2n) is 6.06. The molecule has 0 fully saturated rings. The number of amides is 1. The maximum absolute atomic E-state index is 12.3. The Morgan fingerprint density at radius 1 is 1.04 bits per heavy atom. The Morgan fingerprint density at radius 2 is 1.70 bits per heavy atom. The average Bonchev–Trinajstić information content (AvgIpc) is 2.98. The minimum Gasteiger partial charge on any atom is -0.484 e. The fraction of sp³-hybridized carbons (Fsp3) is 0.143. The van der Waals surface area contributed by atoms with Gasteiger partial charge in [-0.2, -0.15) is 0 Å². The lowest BCUT2D eigenvalue weighted by Crippen LogP contribution is -2.20. The zero-order valence-electron chi connectivity index (χ0n) is 15.0. The van der Waals surface area contributed by atoms with Gasteiger partial charge in [-0.3, -0.25) is 4.79 Å². The fourth-order valence-electron chi connectivity index (χ4n) is 2.74. The Bertz CT molecular complexity index is 962. The molecular formula is C21H19NO4S. The Balaban J connectivity index is 1.79. The predicted molar refractivity (Wildman–Crippen MR) is 107 cm³/mol. The monoisotopic (exact) mass is 381 g/mol. The van der Waals surface area contributed by atoms with E-state index in [-0.39, 0.29) is 12.2 Å². The molecule has 1 heterocycles. The van der Waals surface area contributed by atoms with Gasteiger partial charge in [0.2, 0.25) is 0 Å². The number of carboxylic acid groups (broad SMARTS) is 1. The summed E-state index contributed by atoms with van der Waals surface area (Å²) in [6.45, 7) is 3.62. The van der Waals surface area contributed by atoms with Crippen molar-refractivity contribution in [1.29, 1.82) is 0 Å². The van der Waals surface area contributed by atoms with Crippen LogP contribution in [0.5, 0.6) is 5.75 Å². The van der Waals surface area contributed by atoms with E-state index in [1.54, 1.807) is 12.1 Å². The molecule has 1 amide bonds. The number of rotatable bonds is 6. The van der Waals surface area contributed by atoms with Gasteiger partial charge in [-0.05, 0) is 31.5 Å². The maximum Gasteiger partial charge on any atom is 0.339 e. The van der Waals surface area contributed by atoms with Crippen molar-refractivity contribution in [2.24, 2.45) is 0 Å². The zero-order valence-corrected chi connectivity index (χ0v) is 15.8. The zero-order chi connectivity index (χ0) is 19.4. The van der Waals surface area contributed by atoms with E-state index in [1.165, 1.54) is 11.3 Å². The molecule has 0 saturated carbocycles. The summed E-state index contributed by atoms with van der Waals surface area (Å²) in [5, 5.41) is 12.7. The van der Waals surface area contributed by atoms with E-state index < -0.39 is 11.9 Å². The minimum absolute atomic E-state index is 0.104. The molecule has 0 atom stereocenters. The van der Waals surface area contributed by atoms with Crippen LogP contribution in [0.4, 0.5) is 5.00 Å². The number of aromatic carboxylic acids is 1. The van der Waals surface area contributed by atoms with E-state index in [0.717, 1.165) is 16.0 Å². The van der Waals surface area contributed by atoms with Crippen LogP contribution in [0.25, 0.3) is 11.1 Å². The SMILES string of the molecule is Cc1ccc(OCC(=O)Nc2sc(C)c(-c3ccccc3)c2C(=O)O)cc1. The molecule has 2 N–H and O–H groups in total. The normalized spacial score (nSPS) is 10.4. The number of ether oxygens (including phenoxy) is 1. The number of anilines is 1. The lowest BCUT2D eigenvalue weighted by molar-refractivity contribution is -0.118. The lowest BCUT2D eigenvalue weighted by atomic mass is 10.0. The number of hydrogen-bond donors (Lipinski definition) is 2. The Labute approximate surface area is 161 Å². The highest BCUT2D eigenvalue weighted by Crippen LogP contribution is 2.39. The molecule has 0 aliphatic carbocycles. The molecule has 0 unspecified atom stereocenters. The Morgan fingerprint density at radius 3 is 2.33 bits per heavy atom. The first-order valence-corrected chi connectivity index (χ1v) is 9.19. The lowest BCUT2D eigenvalue weighted by Gasteiger charge is -2.08. The highest BCUT2D eigenvalue weighted by atomic mass is 32.1. The predicted octanol–water partition coefficient (Wildman–Crippen LogP) is 4.75. The van der Waals surface area contributed by atoms with Crippen LogP contribution in [0.3, 0.4) is 0 Å². The highest BCUT2D eigenvalue weighted by molar-refractivity contribution is 7.17. The fourth-order valence-corrected chi connectivity index (χ4v) is 3.82. The van der Waals surface area contributed by atoms with E-state index in [1.807, 2.05) is 56.3 Å². The molecule has 1 aromatic heterocycles. The number of nitrogens with one attached hydrogen (secondary N) is 1. The molecule has 27 heavy (non-hydrogen) atoms. The van der Waals surface area contributed by atoms with Gasteiger partial charge in [0.15, 0.2) is 6.61 Å². The molecule has 0 spiro atoms. The summed E-state index contributed by atoms with van der Waals surface area (Å²) in [6.07, 6.45) is 0. The first-order chi connectivity index (χ1) is 13.0. The molecule has 5 nitrogen and oxygen atoms in total. The minimum atomic E-state index is -1.08. The summed E-state index contributed by atoms with van der Waals surface area (Å²) in [4.78, 5) is 24.9. The number of aryl methyl sites for hydroxylation is 2. The number of benzene rings is 2. The first-order valence-electron chi connectivity index (χ1n) is 8.37. The van der Waals surface area contributed by atoms with E-state index in [4.69, 9.17) is 4.74 Å². The van der Waals surface area contributed by atoms with Crippen LogP contribution in [0, 0.1) is 13.8 Å². The molecular weight excluding hydrogens is 362 g/mol. The molecule has 3 rings (SSSR count). The smallest absolute Gasteiger partial charge is 0.339 e. The number of carbonyl (C=O) groups is 2. The standard InChI is InChI=1S/C21H19NO4S/c1-13-8-10-16(11-9-13)26-12-17(23)22-20-19(21(24)25)18(14(2)27-20)15-6-4-3-5-7-15/h3-11H,12H2,1-2H3,(H,22,23)(H,24,25). The summed E-state index contributed by atoms with van der Waals surface area (Å²) >= 11 is 1.25. The number of carboxylic acids is 1.